The minimum Gasteiger partial charge on any atom is 2.00 e. The van der Waals surface area contributed by atoms with Crippen molar-refractivity contribution in [3.8, 4) is 0 Å². The van der Waals surface area contributed by atoms with Gasteiger partial charge in [0.15, 0.2) is 0 Å². The van der Waals surface area contributed by atoms with Gasteiger partial charge in [0, 0.05) is 0 Å². The molecule has 0 fully saturated rings. The summed E-state index contributed by atoms with van der Waals surface area (Å²) in [6.45, 7) is 0. The molecule has 12 heteroatoms. The fourth-order valence-electron chi connectivity index (χ4n) is 0. The molecule has 0 aromatic heterocycles. The Morgan fingerprint density at radius 1 is 0.583 bits per heavy atom. The summed E-state index contributed by atoms with van der Waals surface area (Å²) in [6.07, 6.45) is 0. The average Bonchev–Trinajstić information content (AvgIpc) is 1.12. The van der Waals surface area contributed by atoms with E-state index >= 15 is 0 Å². The Balaban J connectivity index is -0.0000000457. The van der Waals surface area contributed by atoms with Crippen LogP contribution < -0.4 is 16.6 Å². The molecule has 12 heavy (non-hydrogen) atoms. The Bertz CT molecular complexity index is 211. The van der Waals surface area contributed by atoms with E-state index in [-0.39, 0.29) is 80.8 Å². The van der Waals surface area contributed by atoms with E-state index in [1.807, 2.05) is 0 Å². The second-order valence-electron chi connectivity index (χ2n) is 0.816. The van der Waals surface area contributed by atoms with E-state index in [0.717, 1.165) is 0 Å². The van der Waals surface area contributed by atoms with Crippen molar-refractivity contribution in [1.82, 2.24) is 0 Å². The Labute approximate surface area is 137 Å². The summed E-state index contributed by atoms with van der Waals surface area (Å²) in [5, 5.41) is 0. The van der Waals surface area contributed by atoms with Gasteiger partial charge in [0.05, 0.1) is 0 Å². The van der Waals surface area contributed by atoms with Crippen molar-refractivity contribution >= 4 is 0 Å². The third-order valence-corrected chi connectivity index (χ3v) is 0. The second kappa shape index (κ2) is 10.3. The molecule has 0 unspecified atom stereocenters. The quantitative estimate of drug-likeness (QED) is 0.299. The van der Waals surface area contributed by atoms with Gasteiger partial charge in [-0.1, -0.05) is 0 Å². The summed E-state index contributed by atoms with van der Waals surface area (Å²) in [5.74, 6) is 0. The van der Waals surface area contributed by atoms with Crippen LogP contribution in [0.2, 0.25) is 0 Å². The third kappa shape index (κ3) is 229. The van der Waals surface area contributed by atoms with Crippen LogP contribution >= 0.6 is 0 Å². The monoisotopic (exact) mass is 536 g/mol. The van der Waals surface area contributed by atoms with Crippen LogP contribution in [0.4, 0.5) is 0 Å². The first kappa shape index (κ1) is 24.2. The van der Waals surface area contributed by atoms with Crippen molar-refractivity contribution in [2.45, 2.75) is 0 Å². The molecular formula is Cr2O8Sm2. The SMILES string of the molecule is [O]=[Cr](=[O])([O-])[O-].[O]=[Cr](=[O])([O-])[O-].[Sm+2].[Sm+2]. The molecule has 0 aliphatic rings. The van der Waals surface area contributed by atoms with E-state index < -0.39 is 27.2 Å². The standard InChI is InChI=1S/2Cr.8O.2Sm/q;;;;;;4*-1;2*+2. The van der Waals surface area contributed by atoms with Crippen LogP contribution in [0.1, 0.15) is 0 Å². The molecule has 0 spiro atoms. The van der Waals surface area contributed by atoms with E-state index in [2.05, 4.69) is 0 Å². The maximum atomic E-state index is 8.59. The van der Waals surface area contributed by atoms with Gasteiger partial charge in [0.25, 0.3) is 0 Å². The number of rotatable bonds is 0. The van der Waals surface area contributed by atoms with Gasteiger partial charge in [-0.25, -0.2) is 0 Å². The summed E-state index contributed by atoms with van der Waals surface area (Å²) < 4.78 is 68.8. The molecule has 0 atom stereocenters. The molecule has 0 aliphatic heterocycles. The van der Waals surface area contributed by atoms with Gasteiger partial charge in [-0.05, 0) is 0 Å². The molecule has 0 bridgehead atoms. The van der Waals surface area contributed by atoms with Crippen LogP contribution in [0.25, 0.3) is 0 Å². The molecule has 0 saturated carbocycles. The molecule has 8 nitrogen and oxygen atoms in total. The van der Waals surface area contributed by atoms with Gasteiger partial charge in [-0.3, -0.25) is 0 Å². The molecule has 0 radical (unpaired) electrons. The predicted molar refractivity (Wildman–Crippen MR) is 2.75 cm³/mol. The molecule has 0 rings (SSSR count). The van der Waals surface area contributed by atoms with Crippen LogP contribution in [0.15, 0.2) is 0 Å². The van der Waals surface area contributed by atoms with E-state index in [4.69, 9.17) is 31.8 Å². The zero-order chi connectivity index (χ0) is 9.00. The zero-order valence-electron chi connectivity index (χ0n) is 4.90. The summed E-state index contributed by atoms with van der Waals surface area (Å²) in [5.41, 5.74) is 0. The first-order chi connectivity index (χ1) is 4.00. The Morgan fingerprint density at radius 3 is 0.583 bits per heavy atom. The van der Waals surface area contributed by atoms with Gasteiger partial charge in [-0.15, -0.1) is 0 Å². The van der Waals surface area contributed by atoms with Crippen LogP contribution in [-0.4, -0.2) is 0 Å². The molecule has 0 aromatic carbocycles. The summed E-state index contributed by atoms with van der Waals surface area (Å²) >= 11 is -11.5. The minimum atomic E-state index is -5.75. The number of hydrogen-bond acceptors (Lipinski definition) is 8. The van der Waals surface area contributed by atoms with Crippen molar-refractivity contribution in [1.29, 1.82) is 0 Å². The summed E-state index contributed by atoms with van der Waals surface area (Å²) in [4.78, 5) is 0. The average molecular weight is 533 g/mol. The normalized spacial score (nSPS) is 9.67. The Morgan fingerprint density at radius 2 is 0.583 bits per heavy atom. The zero-order valence-corrected chi connectivity index (χ0v) is 12.7. The van der Waals surface area contributed by atoms with Gasteiger partial charge in [0.1, 0.15) is 0 Å². The summed E-state index contributed by atoms with van der Waals surface area (Å²) in [7, 11) is 0. The van der Waals surface area contributed by atoms with Crippen LogP contribution in [-0.2, 0) is 42.4 Å². The third-order valence-electron chi connectivity index (χ3n) is 0. The van der Waals surface area contributed by atoms with E-state index in [1.54, 1.807) is 0 Å². The largest absolute Gasteiger partial charge is 2.00 e. The number of hydrogen-bond donors (Lipinski definition) is 0. The molecule has 0 aromatic rings. The van der Waals surface area contributed by atoms with Crippen LogP contribution in [0.3, 0.4) is 0 Å². The van der Waals surface area contributed by atoms with E-state index in [9.17, 15) is 0 Å². The van der Waals surface area contributed by atoms with E-state index in [1.165, 1.54) is 0 Å². The van der Waals surface area contributed by atoms with Crippen molar-refractivity contribution in [3.05, 3.63) is 0 Å². The Kier molecular flexibility index (Phi) is 20.7. The fraction of sp³-hybridized carbons (Fsp3) is 0. The van der Waals surface area contributed by atoms with Gasteiger partial charge in [0.2, 0.25) is 0 Å². The molecule has 0 N–H and O–H groups in total. The van der Waals surface area contributed by atoms with Gasteiger partial charge in [-0.2, -0.15) is 0 Å². The van der Waals surface area contributed by atoms with Crippen molar-refractivity contribution < 1.29 is 140 Å². The fourth-order valence-corrected chi connectivity index (χ4v) is 0. The molecule has 0 aliphatic carbocycles. The molecular weight excluding hydrogens is 533 g/mol. The molecule has 0 heterocycles. The van der Waals surface area contributed by atoms with Crippen LogP contribution in [0, 0.1) is 80.8 Å². The second-order valence-corrected chi connectivity index (χ2v) is 3.37. The van der Waals surface area contributed by atoms with Crippen LogP contribution in [0.5, 0.6) is 0 Å². The van der Waals surface area contributed by atoms with Crippen molar-refractivity contribution in [2.24, 2.45) is 0 Å². The van der Waals surface area contributed by atoms with E-state index in [0.29, 0.717) is 0 Å². The topological polar surface area (TPSA) is 161 Å². The predicted octanol–water partition coefficient (Wildman–Crippen LogP) is -5.24. The first-order valence-electron chi connectivity index (χ1n) is 1.33. The van der Waals surface area contributed by atoms with Gasteiger partial charge < -0.3 is 0 Å². The Hall–Kier alpha value is 2.78. The first-order valence-corrected chi connectivity index (χ1v) is 5.50. The maximum absolute atomic E-state index is 8.59. The smallest absolute Gasteiger partial charge is 2.00 e. The summed E-state index contributed by atoms with van der Waals surface area (Å²) in [6, 6.07) is 0. The van der Waals surface area contributed by atoms with Crippen molar-refractivity contribution in [2.75, 3.05) is 0 Å². The molecule has 0 saturated heterocycles. The van der Waals surface area contributed by atoms with Gasteiger partial charge >= 0.3 is 140 Å². The van der Waals surface area contributed by atoms with Crippen molar-refractivity contribution in [3.63, 3.8) is 0 Å². The molecule has 72 valence electrons. The minimum absolute atomic E-state index is 0. The maximum Gasteiger partial charge on any atom is 2.00 e. The molecule has 0 amide bonds.